The van der Waals surface area contributed by atoms with Crippen LogP contribution in [-0.2, 0) is 9.59 Å². The SMILES string of the molecule is CN(C)C(=O)C1=C(C(=O)N(C)C)C2c3ccccc3C1c1ccccc12. The van der Waals surface area contributed by atoms with E-state index in [9.17, 15) is 9.59 Å². The molecule has 2 amide bonds. The van der Waals surface area contributed by atoms with Crippen LogP contribution in [0.1, 0.15) is 34.1 Å². The lowest BCUT2D eigenvalue weighted by atomic mass is 9.60. The van der Waals surface area contributed by atoms with Crippen molar-refractivity contribution in [1.82, 2.24) is 9.80 Å². The van der Waals surface area contributed by atoms with Crippen LogP contribution in [0.4, 0.5) is 0 Å². The molecule has 2 bridgehead atoms. The van der Waals surface area contributed by atoms with E-state index >= 15 is 0 Å². The summed E-state index contributed by atoms with van der Waals surface area (Å²) < 4.78 is 0. The number of carbonyl (C=O) groups excluding carboxylic acids is 2. The Bertz CT molecular complexity index is 833. The van der Waals surface area contributed by atoms with Crippen LogP contribution in [0.2, 0.25) is 0 Å². The van der Waals surface area contributed by atoms with Crippen LogP contribution in [0.15, 0.2) is 59.7 Å². The van der Waals surface area contributed by atoms with Crippen molar-refractivity contribution in [3.05, 3.63) is 81.9 Å². The van der Waals surface area contributed by atoms with E-state index < -0.39 is 0 Å². The van der Waals surface area contributed by atoms with Gasteiger partial charge in [0.2, 0.25) is 0 Å². The van der Waals surface area contributed by atoms with E-state index in [1.54, 1.807) is 38.0 Å². The highest BCUT2D eigenvalue weighted by molar-refractivity contribution is 6.09. The smallest absolute Gasteiger partial charge is 0.250 e. The number of hydrogen-bond donors (Lipinski definition) is 0. The molecule has 2 aromatic rings. The maximum atomic E-state index is 13.1. The van der Waals surface area contributed by atoms with Gasteiger partial charge in [0.15, 0.2) is 0 Å². The van der Waals surface area contributed by atoms with Crippen molar-refractivity contribution in [2.24, 2.45) is 0 Å². The van der Waals surface area contributed by atoms with Crippen molar-refractivity contribution in [1.29, 1.82) is 0 Å². The van der Waals surface area contributed by atoms with E-state index in [0.717, 1.165) is 22.3 Å². The molecule has 132 valence electrons. The number of benzene rings is 2. The zero-order valence-electron chi connectivity index (χ0n) is 15.5. The molecule has 0 heterocycles. The Labute approximate surface area is 153 Å². The molecule has 0 fully saturated rings. The van der Waals surface area contributed by atoms with E-state index in [4.69, 9.17) is 0 Å². The van der Waals surface area contributed by atoms with Crippen LogP contribution in [0.3, 0.4) is 0 Å². The third kappa shape index (κ3) is 2.15. The predicted molar refractivity (Wildman–Crippen MR) is 101 cm³/mol. The number of carbonyl (C=O) groups is 2. The summed E-state index contributed by atoms with van der Waals surface area (Å²) in [6.45, 7) is 0. The molecule has 4 nitrogen and oxygen atoms in total. The van der Waals surface area contributed by atoms with Crippen molar-refractivity contribution in [3.63, 3.8) is 0 Å². The zero-order valence-corrected chi connectivity index (χ0v) is 15.5. The van der Waals surface area contributed by atoms with Gasteiger partial charge < -0.3 is 9.80 Å². The molecule has 0 N–H and O–H groups in total. The summed E-state index contributed by atoms with van der Waals surface area (Å²) in [5, 5.41) is 0. The van der Waals surface area contributed by atoms with Gasteiger partial charge >= 0.3 is 0 Å². The van der Waals surface area contributed by atoms with Crippen LogP contribution >= 0.6 is 0 Å². The van der Waals surface area contributed by atoms with Gasteiger partial charge in [-0.05, 0) is 22.3 Å². The monoisotopic (exact) mass is 346 g/mol. The topological polar surface area (TPSA) is 40.6 Å². The number of hydrogen-bond acceptors (Lipinski definition) is 2. The lowest BCUT2D eigenvalue weighted by molar-refractivity contribution is -0.128. The first kappa shape index (κ1) is 16.6. The fourth-order valence-corrected chi connectivity index (χ4v) is 4.30. The molecular formula is C22H22N2O2. The van der Waals surface area contributed by atoms with Gasteiger partial charge in [-0.3, -0.25) is 9.59 Å². The summed E-state index contributed by atoms with van der Waals surface area (Å²) in [6, 6.07) is 16.4. The van der Waals surface area contributed by atoms with Crippen LogP contribution in [0.25, 0.3) is 0 Å². The summed E-state index contributed by atoms with van der Waals surface area (Å²) in [5.41, 5.74) is 5.79. The minimum absolute atomic E-state index is 0.0887. The Balaban J connectivity index is 2.08. The second-order valence-corrected chi connectivity index (χ2v) is 7.35. The molecule has 3 aliphatic rings. The largest absolute Gasteiger partial charge is 0.345 e. The molecule has 26 heavy (non-hydrogen) atoms. The van der Waals surface area contributed by atoms with E-state index in [1.807, 2.05) is 24.3 Å². The zero-order chi connectivity index (χ0) is 18.6. The molecule has 5 rings (SSSR count). The van der Waals surface area contributed by atoms with Crippen LogP contribution < -0.4 is 0 Å². The fourth-order valence-electron chi connectivity index (χ4n) is 4.30. The van der Waals surface area contributed by atoms with E-state index in [0.29, 0.717) is 11.1 Å². The Kier molecular flexibility index (Phi) is 3.72. The Hall–Kier alpha value is -2.88. The molecule has 0 aromatic heterocycles. The molecule has 2 aromatic carbocycles. The summed E-state index contributed by atoms with van der Waals surface area (Å²) in [6.07, 6.45) is 0. The first-order valence-corrected chi connectivity index (χ1v) is 8.78. The van der Waals surface area contributed by atoms with Crippen molar-refractivity contribution >= 4 is 11.8 Å². The van der Waals surface area contributed by atoms with Crippen molar-refractivity contribution < 1.29 is 9.59 Å². The third-order valence-corrected chi connectivity index (χ3v) is 5.38. The Morgan fingerprint density at radius 2 is 0.885 bits per heavy atom. The molecule has 0 saturated carbocycles. The molecule has 0 radical (unpaired) electrons. The first-order chi connectivity index (χ1) is 12.4. The second-order valence-electron chi connectivity index (χ2n) is 7.35. The van der Waals surface area contributed by atoms with Gasteiger partial charge in [-0.25, -0.2) is 0 Å². The van der Waals surface area contributed by atoms with Gasteiger partial charge in [0, 0.05) is 51.2 Å². The lowest BCUT2D eigenvalue weighted by Crippen LogP contribution is -2.40. The van der Waals surface area contributed by atoms with Gasteiger partial charge in [-0.15, -0.1) is 0 Å². The number of amides is 2. The van der Waals surface area contributed by atoms with Gasteiger partial charge in [-0.2, -0.15) is 0 Å². The van der Waals surface area contributed by atoms with Crippen LogP contribution in [0.5, 0.6) is 0 Å². The van der Waals surface area contributed by atoms with E-state index in [-0.39, 0.29) is 23.7 Å². The molecule has 0 spiro atoms. The van der Waals surface area contributed by atoms with Crippen LogP contribution in [0, 0.1) is 0 Å². The second kappa shape index (κ2) is 5.84. The number of rotatable bonds is 2. The normalized spacial score (nSPS) is 19.7. The summed E-state index contributed by atoms with van der Waals surface area (Å²) in [5.74, 6) is -0.564. The van der Waals surface area contributed by atoms with E-state index in [2.05, 4.69) is 24.3 Å². The van der Waals surface area contributed by atoms with Crippen molar-refractivity contribution in [2.75, 3.05) is 28.2 Å². The third-order valence-electron chi connectivity index (χ3n) is 5.38. The summed E-state index contributed by atoms with van der Waals surface area (Å²) >= 11 is 0. The van der Waals surface area contributed by atoms with Gasteiger partial charge in [0.25, 0.3) is 11.8 Å². The lowest BCUT2D eigenvalue weighted by Gasteiger charge is -2.43. The molecule has 0 aliphatic heterocycles. The minimum atomic E-state index is -0.193. The van der Waals surface area contributed by atoms with E-state index in [1.165, 1.54) is 0 Å². The van der Waals surface area contributed by atoms with Gasteiger partial charge in [0.1, 0.15) is 0 Å². The molecular weight excluding hydrogens is 324 g/mol. The maximum absolute atomic E-state index is 13.1. The fraction of sp³-hybridized carbons (Fsp3) is 0.273. The van der Waals surface area contributed by atoms with Crippen molar-refractivity contribution in [2.45, 2.75) is 11.8 Å². The molecule has 4 heteroatoms. The quantitative estimate of drug-likeness (QED) is 0.839. The van der Waals surface area contributed by atoms with Gasteiger partial charge in [-0.1, -0.05) is 48.5 Å². The maximum Gasteiger partial charge on any atom is 0.250 e. The highest BCUT2D eigenvalue weighted by Gasteiger charge is 2.47. The molecule has 0 saturated heterocycles. The number of likely N-dealkylation sites (N-methyl/N-ethyl adjacent to an activating group) is 2. The minimum Gasteiger partial charge on any atom is -0.345 e. The first-order valence-electron chi connectivity index (χ1n) is 8.78. The molecule has 0 atom stereocenters. The Morgan fingerprint density at radius 3 is 1.12 bits per heavy atom. The average Bonchev–Trinajstić information content (AvgIpc) is 2.65. The standard InChI is InChI=1S/C22H22N2O2/c1-23(2)21(25)19-17-13-9-5-7-11-15(13)18(20(19)22(26)24(3)4)16-12-8-6-10-14(16)17/h5-12,17-18H,1-4H3. The highest BCUT2D eigenvalue weighted by Crippen LogP contribution is 2.55. The Morgan fingerprint density at radius 1 is 0.615 bits per heavy atom. The molecule has 3 aliphatic carbocycles. The summed E-state index contributed by atoms with van der Waals surface area (Å²) in [4.78, 5) is 29.4. The van der Waals surface area contributed by atoms with Crippen molar-refractivity contribution in [3.8, 4) is 0 Å². The summed E-state index contributed by atoms with van der Waals surface area (Å²) in [7, 11) is 6.97. The highest BCUT2D eigenvalue weighted by atomic mass is 16.2. The van der Waals surface area contributed by atoms with Crippen LogP contribution in [-0.4, -0.2) is 49.8 Å². The average molecular weight is 346 g/mol. The number of nitrogens with zero attached hydrogens (tertiary/aromatic N) is 2. The predicted octanol–water partition coefficient (Wildman–Crippen LogP) is 2.75. The molecule has 0 unspecified atom stereocenters. The van der Waals surface area contributed by atoms with Gasteiger partial charge in [0.05, 0.1) is 0 Å².